The van der Waals surface area contributed by atoms with Crippen molar-refractivity contribution in [2.45, 2.75) is 12.5 Å². The highest BCUT2D eigenvalue weighted by molar-refractivity contribution is 5.94. The Morgan fingerprint density at radius 1 is 1.23 bits per heavy atom. The van der Waals surface area contributed by atoms with Gasteiger partial charge in [-0.15, -0.1) is 0 Å². The van der Waals surface area contributed by atoms with Crippen molar-refractivity contribution >= 4 is 11.9 Å². The first-order valence-electron chi connectivity index (χ1n) is 6.54. The summed E-state index contributed by atoms with van der Waals surface area (Å²) < 4.78 is 0. The molecule has 6 heteroatoms. The van der Waals surface area contributed by atoms with E-state index in [1.54, 1.807) is 36.4 Å². The number of aliphatic carboxylic acids is 1. The Labute approximate surface area is 127 Å². The van der Waals surface area contributed by atoms with Gasteiger partial charge in [0.05, 0.1) is 11.6 Å². The Balaban J connectivity index is 2.08. The van der Waals surface area contributed by atoms with Gasteiger partial charge in [-0.25, -0.2) is 4.79 Å². The third-order valence-electron chi connectivity index (χ3n) is 3.02. The van der Waals surface area contributed by atoms with E-state index in [1.165, 1.54) is 12.3 Å². The average molecular weight is 295 g/mol. The van der Waals surface area contributed by atoms with Crippen LogP contribution in [0.4, 0.5) is 0 Å². The molecule has 0 unspecified atom stereocenters. The van der Waals surface area contributed by atoms with Gasteiger partial charge in [-0.1, -0.05) is 18.2 Å². The zero-order valence-electron chi connectivity index (χ0n) is 11.6. The molecule has 1 aromatic carbocycles. The fourth-order valence-electron chi connectivity index (χ4n) is 1.88. The van der Waals surface area contributed by atoms with E-state index in [0.717, 1.165) is 0 Å². The van der Waals surface area contributed by atoms with Crippen molar-refractivity contribution < 1.29 is 14.7 Å². The van der Waals surface area contributed by atoms with Gasteiger partial charge in [0.15, 0.2) is 0 Å². The van der Waals surface area contributed by atoms with Crippen molar-refractivity contribution in [1.29, 1.82) is 5.26 Å². The van der Waals surface area contributed by atoms with Crippen molar-refractivity contribution in [3.63, 3.8) is 0 Å². The molecular weight excluding hydrogens is 282 g/mol. The molecule has 1 aromatic heterocycles. The second-order valence-corrected chi connectivity index (χ2v) is 4.59. The number of hydrogen-bond acceptors (Lipinski definition) is 4. The molecule has 22 heavy (non-hydrogen) atoms. The van der Waals surface area contributed by atoms with Gasteiger partial charge >= 0.3 is 5.97 Å². The summed E-state index contributed by atoms with van der Waals surface area (Å²) in [5, 5.41) is 20.4. The van der Waals surface area contributed by atoms with E-state index in [2.05, 4.69) is 10.3 Å². The highest BCUT2D eigenvalue weighted by Crippen LogP contribution is 2.07. The molecular formula is C16H13N3O3. The van der Waals surface area contributed by atoms with Crippen molar-refractivity contribution in [3.05, 3.63) is 65.5 Å². The summed E-state index contributed by atoms with van der Waals surface area (Å²) >= 11 is 0. The van der Waals surface area contributed by atoms with Crippen LogP contribution in [0.5, 0.6) is 0 Å². The van der Waals surface area contributed by atoms with Crippen LogP contribution in [-0.2, 0) is 11.2 Å². The normalized spacial score (nSPS) is 11.2. The quantitative estimate of drug-likeness (QED) is 0.867. The Hall–Kier alpha value is -3.20. The number of carbonyl (C=O) groups excluding carboxylic acids is 1. The van der Waals surface area contributed by atoms with E-state index in [9.17, 15) is 14.7 Å². The molecule has 2 rings (SSSR count). The van der Waals surface area contributed by atoms with Gasteiger partial charge in [0, 0.05) is 12.6 Å². The van der Waals surface area contributed by atoms with E-state index >= 15 is 0 Å². The fraction of sp³-hybridized carbons (Fsp3) is 0.125. The number of nitrogens with one attached hydrogen (secondary N) is 1. The predicted molar refractivity (Wildman–Crippen MR) is 78.0 cm³/mol. The second kappa shape index (κ2) is 6.99. The third-order valence-corrected chi connectivity index (χ3v) is 3.02. The highest BCUT2D eigenvalue weighted by atomic mass is 16.4. The predicted octanol–water partition coefficient (Wildman–Crippen LogP) is 1.38. The number of hydrogen-bond donors (Lipinski definition) is 2. The Kier molecular flexibility index (Phi) is 4.83. The molecule has 0 saturated carbocycles. The number of nitrogens with zero attached hydrogens (tertiary/aromatic N) is 2. The standard InChI is InChI=1S/C16H13N3O3/c17-10-12-6-4-11(5-7-12)9-14(16(21)22)19-15(20)13-3-1-2-8-18-13/h1-8,14H,9H2,(H,19,20)(H,21,22)/t14-/m0/s1. The number of pyridine rings is 1. The Bertz CT molecular complexity index is 706. The van der Waals surface area contributed by atoms with Crippen molar-refractivity contribution in [2.24, 2.45) is 0 Å². The molecule has 0 saturated heterocycles. The smallest absolute Gasteiger partial charge is 0.326 e. The molecule has 1 atom stereocenters. The number of amides is 1. The minimum Gasteiger partial charge on any atom is -0.480 e. The summed E-state index contributed by atoms with van der Waals surface area (Å²) in [6.07, 6.45) is 1.59. The highest BCUT2D eigenvalue weighted by Gasteiger charge is 2.21. The largest absolute Gasteiger partial charge is 0.480 e. The number of carboxylic acids is 1. The molecule has 0 bridgehead atoms. The lowest BCUT2D eigenvalue weighted by atomic mass is 10.0. The van der Waals surface area contributed by atoms with E-state index in [0.29, 0.717) is 11.1 Å². The summed E-state index contributed by atoms with van der Waals surface area (Å²) in [5.41, 5.74) is 1.37. The third kappa shape index (κ3) is 3.90. The van der Waals surface area contributed by atoms with Crippen LogP contribution >= 0.6 is 0 Å². The van der Waals surface area contributed by atoms with Gasteiger partial charge in [-0.3, -0.25) is 9.78 Å². The van der Waals surface area contributed by atoms with Crippen LogP contribution in [0.15, 0.2) is 48.7 Å². The summed E-state index contributed by atoms with van der Waals surface area (Å²) in [7, 11) is 0. The first-order valence-corrected chi connectivity index (χ1v) is 6.54. The molecule has 6 nitrogen and oxygen atoms in total. The Morgan fingerprint density at radius 2 is 1.95 bits per heavy atom. The molecule has 110 valence electrons. The first-order chi connectivity index (χ1) is 10.6. The summed E-state index contributed by atoms with van der Waals surface area (Å²) in [6, 6.07) is 12.3. The van der Waals surface area contributed by atoms with Crippen molar-refractivity contribution in [3.8, 4) is 6.07 Å². The molecule has 2 N–H and O–H groups in total. The maximum atomic E-state index is 12.0. The lowest BCUT2D eigenvalue weighted by Gasteiger charge is -2.14. The summed E-state index contributed by atoms with van der Waals surface area (Å²) in [5.74, 6) is -1.67. The van der Waals surface area contributed by atoms with Gasteiger partial charge < -0.3 is 10.4 Å². The second-order valence-electron chi connectivity index (χ2n) is 4.59. The zero-order chi connectivity index (χ0) is 15.9. The lowest BCUT2D eigenvalue weighted by Crippen LogP contribution is -2.42. The molecule has 0 aliphatic carbocycles. The molecule has 2 aromatic rings. The van der Waals surface area contributed by atoms with Crippen LogP contribution in [0.1, 0.15) is 21.6 Å². The summed E-state index contributed by atoms with van der Waals surface area (Å²) in [4.78, 5) is 27.2. The first kappa shape index (κ1) is 15.2. The van der Waals surface area contributed by atoms with Gasteiger partial charge in [0.2, 0.25) is 0 Å². The number of nitriles is 1. The maximum Gasteiger partial charge on any atom is 0.326 e. The molecule has 0 radical (unpaired) electrons. The maximum absolute atomic E-state index is 12.0. The zero-order valence-corrected chi connectivity index (χ0v) is 11.6. The molecule has 0 spiro atoms. The Morgan fingerprint density at radius 3 is 2.50 bits per heavy atom. The molecule has 0 aliphatic rings. The van der Waals surface area contributed by atoms with E-state index in [4.69, 9.17) is 5.26 Å². The molecule has 0 aliphatic heterocycles. The lowest BCUT2D eigenvalue weighted by molar-refractivity contribution is -0.139. The van der Waals surface area contributed by atoms with Crippen LogP contribution in [0.2, 0.25) is 0 Å². The van der Waals surface area contributed by atoms with E-state index < -0.39 is 17.9 Å². The van der Waals surface area contributed by atoms with Gasteiger partial charge in [-0.2, -0.15) is 5.26 Å². The van der Waals surface area contributed by atoms with Crippen molar-refractivity contribution in [2.75, 3.05) is 0 Å². The number of aromatic nitrogens is 1. The molecule has 1 amide bonds. The average Bonchev–Trinajstić information content (AvgIpc) is 2.55. The minimum absolute atomic E-state index is 0.125. The van der Waals surface area contributed by atoms with Crippen LogP contribution in [0.3, 0.4) is 0 Å². The van der Waals surface area contributed by atoms with Gasteiger partial charge in [-0.05, 0) is 29.8 Å². The topological polar surface area (TPSA) is 103 Å². The number of carboxylic acid groups (broad SMARTS) is 1. The fourth-order valence-corrected chi connectivity index (χ4v) is 1.88. The van der Waals surface area contributed by atoms with Gasteiger partial charge in [0.25, 0.3) is 5.91 Å². The van der Waals surface area contributed by atoms with E-state index in [1.807, 2.05) is 6.07 Å². The van der Waals surface area contributed by atoms with Crippen LogP contribution in [0.25, 0.3) is 0 Å². The van der Waals surface area contributed by atoms with Crippen LogP contribution < -0.4 is 5.32 Å². The number of benzene rings is 1. The van der Waals surface area contributed by atoms with Crippen LogP contribution in [-0.4, -0.2) is 28.0 Å². The number of rotatable bonds is 5. The van der Waals surface area contributed by atoms with Gasteiger partial charge in [0.1, 0.15) is 11.7 Å². The van der Waals surface area contributed by atoms with Crippen molar-refractivity contribution in [1.82, 2.24) is 10.3 Å². The summed E-state index contributed by atoms with van der Waals surface area (Å²) in [6.45, 7) is 0. The molecule has 1 heterocycles. The molecule has 0 fully saturated rings. The minimum atomic E-state index is -1.13. The SMILES string of the molecule is N#Cc1ccc(C[C@H](NC(=O)c2ccccn2)C(=O)O)cc1. The van der Waals surface area contributed by atoms with Crippen LogP contribution in [0, 0.1) is 11.3 Å². The number of carbonyl (C=O) groups is 2. The van der Waals surface area contributed by atoms with E-state index in [-0.39, 0.29) is 12.1 Å². The monoisotopic (exact) mass is 295 g/mol.